The fourth-order valence-electron chi connectivity index (χ4n) is 1.73. The summed E-state index contributed by atoms with van der Waals surface area (Å²) in [6.45, 7) is 6.95. The standard InChI is InChI=1S/C13H19N3O3/c1-4-16(5-2)12(17)9(3)15-10-6-7-11(13(18)19)14-8-10/h6-9,15H,4-5H2,1-3H3,(H,18,19). The first-order valence-electron chi connectivity index (χ1n) is 6.24. The number of nitrogens with one attached hydrogen (secondary N) is 1. The van der Waals surface area contributed by atoms with Gasteiger partial charge in [-0.2, -0.15) is 0 Å². The molecule has 6 nitrogen and oxygen atoms in total. The fraction of sp³-hybridized carbons (Fsp3) is 0.462. The Morgan fingerprint density at radius 3 is 2.42 bits per heavy atom. The average Bonchev–Trinajstić information content (AvgIpc) is 2.40. The Morgan fingerprint density at radius 2 is 2.00 bits per heavy atom. The van der Waals surface area contributed by atoms with Crippen LogP contribution >= 0.6 is 0 Å². The Labute approximate surface area is 112 Å². The molecule has 0 aliphatic carbocycles. The SMILES string of the molecule is CCN(CC)C(=O)C(C)Nc1ccc(C(=O)O)nc1. The summed E-state index contributed by atoms with van der Waals surface area (Å²) in [6, 6.07) is 2.62. The van der Waals surface area contributed by atoms with Crippen LogP contribution in [0.15, 0.2) is 18.3 Å². The molecular weight excluding hydrogens is 246 g/mol. The molecule has 104 valence electrons. The van der Waals surface area contributed by atoms with Crippen molar-refractivity contribution in [2.75, 3.05) is 18.4 Å². The third kappa shape index (κ3) is 3.94. The molecule has 0 aliphatic rings. The zero-order valence-electron chi connectivity index (χ0n) is 11.4. The summed E-state index contributed by atoms with van der Waals surface area (Å²) in [7, 11) is 0. The number of carboxylic acid groups (broad SMARTS) is 1. The molecular formula is C13H19N3O3. The van der Waals surface area contributed by atoms with Gasteiger partial charge in [0, 0.05) is 13.1 Å². The van der Waals surface area contributed by atoms with E-state index in [1.807, 2.05) is 13.8 Å². The van der Waals surface area contributed by atoms with Crippen LogP contribution in [-0.2, 0) is 4.79 Å². The van der Waals surface area contributed by atoms with Crippen LogP contribution in [0.1, 0.15) is 31.3 Å². The van der Waals surface area contributed by atoms with E-state index in [-0.39, 0.29) is 17.6 Å². The van der Waals surface area contributed by atoms with E-state index in [1.54, 1.807) is 17.9 Å². The number of carbonyl (C=O) groups is 2. The second kappa shape index (κ2) is 6.72. The van der Waals surface area contributed by atoms with E-state index in [0.717, 1.165) is 0 Å². The first-order valence-corrected chi connectivity index (χ1v) is 6.24. The van der Waals surface area contributed by atoms with Gasteiger partial charge < -0.3 is 15.3 Å². The summed E-state index contributed by atoms with van der Waals surface area (Å²) in [5.41, 5.74) is 0.603. The van der Waals surface area contributed by atoms with Gasteiger partial charge >= 0.3 is 5.97 Å². The van der Waals surface area contributed by atoms with Gasteiger partial charge in [-0.15, -0.1) is 0 Å². The molecule has 1 unspecified atom stereocenters. The number of aromatic carboxylic acids is 1. The van der Waals surface area contributed by atoms with Crippen LogP contribution in [0.4, 0.5) is 5.69 Å². The highest BCUT2D eigenvalue weighted by atomic mass is 16.4. The van der Waals surface area contributed by atoms with E-state index in [9.17, 15) is 9.59 Å². The number of nitrogens with zero attached hydrogens (tertiary/aromatic N) is 2. The smallest absolute Gasteiger partial charge is 0.354 e. The van der Waals surface area contributed by atoms with Crippen molar-refractivity contribution in [1.82, 2.24) is 9.88 Å². The molecule has 19 heavy (non-hydrogen) atoms. The highest BCUT2D eigenvalue weighted by molar-refractivity contribution is 5.86. The molecule has 0 fully saturated rings. The molecule has 0 saturated heterocycles. The maximum Gasteiger partial charge on any atom is 0.354 e. The van der Waals surface area contributed by atoms with Crippen molar-refractivity contribution in [3.8, 4) is 0 Å². The number of hydrogen-bond acceptors (Lipinski definition) is 4. The number of likely N-dealkylation sites (N-methyl/N-ethyl adjacent to an activating group) is 1. The van der Waals surface area contributed by atoms with Crippen molar-refractivity contribution >= 4 is 17.6 Å². The van der Waals surface area contributed by atoms with Crippen LogP contribution in [0.2, 0.25) is 0 Å². The van der Waals surface area contributed by atoms with Crippen LogP contribution in [0, 0.1) is 0 Å². The minimum Gasteiger partial charge on any atom is -0.477 e. The lowest BCUT2D eigenvalue weighted by molar-refractivity contribution is -0.131. The molecule has 1 heterocycles. The van der Waals surface area contributed by atoms with Crippen LogP contribution in [0.3, 0.4) is 0 Å². The van der Waals surface area contributed by atoms with Crippen LogP contribution in [-0.4, -0.2) is 46.0 Å². The zero-order valence-corrected chi connectivity index (χ0v) is 11.4. The number of carboxylic acids is 1. The van der Waals surface area contributed by atoms with Crippen LogP contribution < -0.4 is 5.32 Å². The normalized spacial score (nSPS) is 11.7. The summed E-state index contributed by atoms with van der Waals surface area (Å²) in [5.74, 6) is -1.06. The number of amides is 1. The lowest BCUT2D eigenvalue weighted by atomic mass is 10.2. The molecule has 1 aromatic rings. The van der Waals surface area contributed by atoms with E-state index in [1.165, 1.54) is 12.3 Å². The minimum atomic E-state index is -1.07. The lowest BCUT2D eigenvalue weighted by Gasteiger charge is -2.23. The first-order chi connectivity index (χ1) is 8.99. The summed E-state index contributed by atoms with van der Waals surface area (Å²) >= 11 is 0. The Morgan fingerprint density at radius 1 is 1.37 bits per heavy atom. The Kier molecular flexibility index (Phi) is 5.29. The van der Waals surface area contributed by atoms with Gasteiger partial charge in [0.1, 0.15) is 11.7 Å². The van der Waals surface area contributed by atoms with E-state index in [4.69, 9.17) is 5.11 Å². The maximum atomic E-state index is 12.0. The molecule has 0 saturated carbocycles. The van der Waals surface area contributed by atoms with Crippen LogP contribution in [0.5, 0.6) is 0 Å². The highest BCUT2D eigenvalue weighted by Crippen LogP contribution is 2.09. The maximum absolute atomic E-state index is 12.0. The Bertz CT molecular complexity index is 441. The molecule has 1 rings (SSSR count). The average molecular weight is 265 g/mol. The van der Waals surface area contributed by atoms with Crippen molar-refractivity contribution in [2.45, 2.75) is 26.8 Å². The van der Waals surface area contributed by atoms with Gasteiger partial charge in [-0.3, -0.25) is 4.79 Å². The molecule has 0 spiro atoms. The van der Waals surface area contributed by atoms with E-state index < -0.39 is 5.97 Å². The van der Waals surface area contributed by atoms with Crippen molar-refractivity contribution in [2.24, 2.45) is 0 Å². The number of rotatable bonds is 6. The second-order valence-corrected chi connectivity index (χ2v) is 4.11. The number of hydrogen-bond donors (Lipinski definition) is 2. The molecule has 1 aromatic heterocycles. The molecule has 1 amide bonds. The van der Waals surface area contributed by atoms with Gasteiger partial charge in [-0.05, 0) is 32.9 Å². The monoisotopic (exact) mass is 265 g/mol. The lowest BCUT2D eigenvalue weighted by Crippen LogP contribution is -2.41. The fourth-order valence-corrected chi connectivity index (χ4v) is 1.73. The molecule has 0 aliphatic heterocycles. The molecule has 1 atom stereocenters. The van der Waals surface area contributed by atoms with Crippen molar-refractivity contribution in [1.29, 1.82) is 0 Å². The van der Waals surface area contributed by atoms with E-state index >= 15 is 0 Å². The van der Waals surface area contributed by atoms with Gasteiger partial charge in [-0.1, -0.05) is 0 Å². The minimum absolute atomic E-state index is 0.00677. The Hall–Kier alpha value is -2.11. The largest absolute Gasteiger partial charge is 0.477 e. The molecule has 2 N–H and O–H groups in total. The number of aromatic nitrogens is 1. The van der Waals surface area contributed by atoms with Crippen molar-refractivity contribution in [3.05, 3.63) is 24.0 Å². The highest BCUT2D eigenvalue weighted by Gasteiger charge is 2.17. The number of anilines is 1. The van der Waals surface area contributed by atoms with Gasteiger partial charge in [0.2, 0.25) is 5.91 Å². The van der Waals surface area contributed by atoms with Crippen molar-refractivity contribution < 1.29 is 14.7 Å². The molecule has 0 aromatic carbocycles. The molecule has 0 radical (unpaired) electrons. The second-order valence-electron chi connectivity index (χ2n) is 4.11. The number of carbonyl (C=O) groups excluding carboxylic acids is 1. The molecule has 0 bridgehead atoms. The topological polar surface area (TPSA) is 82.5 Å². The van der Waals surface area contributed by atoms with Gasteiger partial charge in [-0.25, -0.2) is 9.78 Å². The third-order valence-electron chi connectivity index (χ3n) is 2.81. The third-order valence-corrected chi connectivity index (χ3v) is 2.81. The predicted octanol–water partition coefficient (Wildman–Crippen LogP) is 1.45. The summed E-state index contributed by atoms with van der Waals surface area (Å²) in [5, 5.41) is 11.7. The summed E-state index contributed by atoms with van der Waals surface area (Å²) in [6.07, 6.45) is 1.41. The van der Waals surface area contributed by atoms with Crippen molar-refractivity contribution in [3.63, 3.8) is 0 Å². The molecule has 6 heteroatoms. The van der Waals surface area contributed by atoms with E-state index in [0.29, 0.717) is 18.8 Å². The van der Waals surface area contributed by atoms with Crippen LogP contribution in [0.25, 0.3) is 0 Å². The predicted molar refractivity (Wildman–Crippen MR) is 72.2 cm³/mol. The van der Waals surface area contributed by atoms with Gasteiger partial charge in [0.05, 0.1) is 11.9 Å². The quantitative estimate of drug-likeness (QED) is 0.813. The van der Waals surface area contributed by atoms with Gasteiger partial charge in [0.25, 0.3) is 0 Å². The van der Waals surface area contributed by atoms with E-state index in [2.05, 4.69) is 10.3 Å². The summed E-state index contributed by atoms with van der Waals surface area (Å²) in [4.78, 5) is 28.2. The zero-order chi connectivity index (χ0) is 14.4. The first kappa shape index (κ1) is 14.9. The van der Waals surface area contributed by atoms with Gasteiger partial charge in [0.15, 0.2) is 0 Å². The number of pyridine rings is 1. The Balaban J connectivity index is 2.68. The summed E-state index contributed by atoms with van der Waals surface area (Å²) < 4.78 is 0.